The molecule has 0 fully saturated rings. The summed E-state index contributed by atoms with van der Waals surface area (Å²) >= 11 is 1.61. The van der Waals surface area contributed by atoms with Crippen molar-refractivity contribution in [2.24, 2.45) is 0 Å². The van der Waals surface area contributed by atoms with Crippen LogP contribution < -0.4 is 15.5 Å². The van der Waals surface area contributed by atoms with Gasteiger partial charge < -0.3 is 15.5 Å². The Hall–Kier alpha value is -3.19. The van der Waals surface area contributed by atoms with Crippen LogP contribution in [0.2, 0.25) is 0 Å². The van der Waals surface area contributed by atoms with E-state index < -0.39 is 17.6 Å². The zero-order valence-electron chi connectivity index (χ0n) is 15.6. The van der Waals surface area contributed by atoms with Crippen molar-refractivity contribution in [1.82, 2.24) is 5.32 Å². The molecule has 0 bridgehead atoms. The lowest BCUT2D eigenvalue weighted by atomic mass is 10.1. The molecule has 3 aromatic rings. The fourth-order valence-corrected chi connectivity index (χ4v) is 4.38. The van der Waals surface area contributed by atoms with Crippen molar-refractivity contribution in [3.05, 3.63) is 82.3 Å². The van der Waals surface area contributed by atoms with Gasteiger partial charge in [0.2, 0.25) is 0 Å². The minimum atomic E-state index is -0.887. The van der Waals surface area contributed by atoms with Gasteiger partial charge in [0.05, 0.1) is 11.7 Å². The normalized spacial score (nSPS) is 13.6. The molecule has 2 amide bonds. The number of benzene rings is 2. The molecule has 0 aliphatic carbocycles. The molecule has 5 nitrogen and oxygen atoms in total. The molecule has 1 aromatic heterocycles. The van der Waals surface area contributed by atoms with Gasteiger partial charge in [-0.2, -0.15) is 0 Å². The highest BCUT2D eigenvalue weighted by Crippen LogP contribution is 2.36. The molecule has 0 spiro atoms. The Labute approximate surface area is 172 Å². The maximum absolute atomic E-state index is 13.7. The molecule has 0 saturated carbocycles. The highest BCUT2D eigenvalue weighted by Gasteiger charge is 2.28. The molecule has 29 heavy (non-hydrogen) atoms. The van der Waals surface area contributed by atoms with E-state index >= 15 is 0 Å². The van der Waals surface area contributed by atoms with Crippen molar-refractivity contribution in [1.29, 1.82) is 0 Å². The van der Waals surface area contributed by atoms with Gasteiger partial charge in [0.25, 0.3) is 0 Å². The van der Waals surface area contributed by atoms with Crippen LogP contribution in [0.15, 0.2) is 66.0 Å². The minimum absolute atomic E-state index is 0.0177. The monoisotopic (exact) mass is 409 g/mol. The topological polar surface area (TPSA) is 61.4 Å². The van der Waals surface area contributed by atoms with E-state index in [-0.39, 0.29) is 18.3 Å². The molecule has 1 atom stereocenters. The summed E-state index contributed by atoms with van der Waals surface area (Å²) < 4.78 is 13.7. The molecule has 148 valence electrons. The average Bonchev–Trinajstić information content (AvgIpc) is 3.40. The standard InChI is InChI=1S/C22H20FN3O2S/c23-16-7-2-3-8-17(16)25-22(28)21(27)24-14-19(20-10-5-13-29-20)26-12-11-15-6-1-4-9-18(15)26/h1-10,13,19H,11-12,14H2,(H,24,27)(H,25,28)/t19-/m1/s1. The molecular formula is C22H20FN3O2S. The summed E-state index contributed by atoms with van der Waals surface area (Å²) in [7, 11) is 0. The predicted molar refractivity (Wildman–Crippen MR) is 113 cm³/mol. The third-order valence-electron chi connectivity index (χ3n) is 4.96. The molecule has 0 saturated heterocycles. The first-order valence-electron chi connectivity index (χ1n) is 9.35. The Morgan fingerprint density at radius 2 is 1.83 bits per heavy atom. The second kappa shape index (κ2) is 8.45. The number of carbonyl (C=O) groups excluding carboxylic acids is 2. The van der Waals surface area contributed by atoms with Gasteiger partial charge in [0, 0.05) is 23.7 Å². The number of rotatable bonds is 5. The van der Waals surface area contributed by atoms with E-state index in [4.69, 9.17) is 0 Å². The lowest BCUT2D eigenvalue weighted by Crippen LogP contribution is -2.41. The van der Waals surface area contributed by atoms with E-state index in [1.54, 1.807) is 17.4 Å². The van der Waals surface area contributed by atoms with Gasteiger partial charge in [0.15, 0.2) is 0 Å². The summed E-state index contributed by atoms with van der Waals surface area (Å²) in [6.07, 6.45) is 0.944. The Bertz CT molecular complexity index is 1020. The zero-order chi connectivity index (χ0) is 20.2. The van der Waals surface area contributed by atoms with Gasteiger partial charge in [-0.3, -0.25) is 9.59 Å². The van der Waals surface area contributed by atoms with E-state index in [1.165, 1.54) is 23.8 Å². The quantitative estimate of drug-likeness (QED) is 0.631. The Balaban J connectivity index is 1.46. The number of hydrogen-bond acceptors (Lipinski definition) is 4. The van der Waals surface area contributed by atoms with Crippen molar-refractivity contribution in [2.45, 2.75) is 12.5 Å². The minimum Gasteiger partial charge on any atom is -0.361 e. The first kappa shape index (κ1) is 19.1. The second-order valence-corrected chi connectivity index (χ2v) is 7.73. The van der Waals surface area contributed by atoms with Crippen LogP contribution >= 0.6 is 11.3 Å². The number of amides is 2. The predicted octanol–water partition coefficient (Wildman–Crippen LogP) is 3.75. The van der Waals surface area contributed by atoms with Crippen LogP contribution in [0.1, 0.15) is 16.5 Å². The van der Waals surface area contributed by atoms with Gasteiger partial charge in [-0.05, 0) is 41.6 Å². The first-order valence-corrected chi connectivity index (χ1v) is 10.2. The van der Waals surface area contributed by atoms with Crippen LogP contribution in [0.25, 0.3) is 0 Å². The maximum Gasteiger partial charge on any atom is 0.313 e. The van der Waals surface area contributed by atoms with Crippen molar-refractivity contribution in [2.75, 3.05) is 23.3 Å². The highest BCUT2D eigenvalue weighted by atomic mass is 32.1. The number of nitrogens with one attached hydrogen (secondary N) is 2. The first-order chi connectivity index (χ1) is 14.1. The van der Waals surface area contributed by atoms with E-state index in [1.807, 2.05) is 29.6 Å². The molecule has 0 unspecified atom stereocenters. The second-order valence-electron chi connectivity index (χ2n) is 6.75. The maximum atomic E-state index is 13.7. The Morgan fingerprint density at radius 3 is 2.62 bits per heavy atom. The number of anilines is 2. The average molecular weight is 409 g/mol. The van der Waals surface area contributed by atoms with Crippen molar-refractivity contribution in [3.63, 3.8) is 0 Å². The van der Waals surface area contributed by atoms with Crippen LogP contribution in [0, 0.1) is 5.82 Å². The summed E-state index contributed by atoms with van der Waals surface area (Å²) in [5.41, 5.74) is 2.41. The third kappa shape index (κ3) is 4.14. The lowest BCUT2D eigenvalue weighted by molar-refractivity contribution is -0.136. The number of carbonyl (C=O) groups is 2. The van der Waals surface area contributed by atoms with Crippen molar-refractivity contribution in [3.8, 4) is 0 Å². The van der Waals surface area contributed by atoms with E-state index in [9.17, 15) is 14.0 Å². The van der Waals surface area contributed by atoms with Crippen LogP contribution in [-0.4, -0.2) is 24.9 Å². The van der Waals surface area contributed by atoms with Gasteiger partial charge >= 0.3 is 11.8 Å². The number of halogens is 1. The smallest absolute Gasteiger partial charge is 0.313 e. The van der Waals surface area contributed by atoms with Crippen LogP contribution in [0.5, 0.6) is 0 Å². The number of nitrogens with zero attached hydrogens (tertiary/aromatic N) is 1. The third-order valence-corrected chi connectivity index (χ3v) is 5.93. The van der Waals surface area contributed by atoms with Gasteiger partial charge in [-0.25, -0.2) is 4.39 Å². The molecule has 1 aliphatic rings. The zero-order valence-corrected chi connectivity index (χ0v) is 16.4. The molecular weight excluding hydrogens is 389 g/mol. The van der Waals surface area contributed by atoms with Gasteiger partial charge in [-0.1, -0.05) is 36.4 Å². The number of fused-ring (bicyclic) bond motifs is 1. The number of hydrogen-bond donors (Lipinski definition) is 2. The molecule has 2 N–H and O–H groups in total. The Kier molecular flexibility index (Phi) is 5.57. The van der Waals surface area contributed by atoms with Gasteiger partial charge in [0.1, 0.15) is 5.82 Å². The molecule has 7 heteroatoms. The summed E-state index contributed by atoms with van der Waals surface area (Å²) in [4.78, 5) is 27.9. The van der Waals surface area contributed by atoms with E-state index in [0.29, 0.717) is 0 Å². The molecule has 2 aromatic carbocycles. The van der Waals surface area contributed by atoms with Gasteiger partial charge in [-0.15, -0.1) is 11.3 Å². The lowest BCUT2D eigenvalue weighted by Gasteiger charge is -2.30. The number of thiophene rings is 1. The molecule has 0 radical (unpaired) electrons. The SMILES string of the molecule is O=C(NC[C@H](c1cccs1)N1CCc2ccccc21)C(=O)Nc1ccccc1F. The summed E-state index contributed by atoms with van der Waals surface area (Å²) in [5, 5.41) is 7.02. The largest absolute Gasteiger partial charge is 0.361 e. The molecule has 4 rings (SSSR count). The molecule has 1 aliphatic heterocycles. The molecule has 2 heterocycles. The van der Waals surface area contributed by atoms with Crippen LogP contribution in [0.4, 0.5) is 15.8 Å². The number of para-hydroxylation sites is 2. The van der Waals surface area contributed by atoms with Crippen molar-refractivity contribution >= 4 is 34.5 Å². The van der Waals surface area contributed by atoms with E-state index in [2.05, 4.69) is 27.7 Å². The summed E-state index contributed by atoms with van der Waals surface area (Å²) in [6, 6.07) is 17.9. The van der Waals surface area contributed by atoms with Crippen molar-refractivity contribution < 1.29 is 14.0 Å². The highest BCUT2D eigenvalue weighted by molar-refractivity contribution is 7.10. The van der Waals surface area contributed by atoms with Crippen LogP contribution in [-0.2, 0) is 16.0 Å². The fourth-order valence-electron chi connectivity index (χ4n) is 3.54. The summed E-state index contributed by atoms with van der Waals surface area (Å²) in [6.45, 7) is 1.12. The van der Waals surface area contributed by atoms with Crippen LogP contribution in [0.3, 0.4) is 0 Å². The Morgan fingerprint density at radius 1 is 1.03 bits per heavy atom. The van der Waals surface area contributed by atoms with E-state index in [0.717, 1.165) is 23.5 Å². The fraction of sp³-hybridized carbons (Fsp3) is 0.182. The summed E-state index contributed by atoms with van der Waals surface area (Å²) in [5.74, 6) is -2.26.